The third kappa shape index (κ3) is 3.45. The number of nitrogens with zero attached hydrogens (tertiary/aromatic N) is 2. The van der Waals surface area contributed by atoms with Crippen LogP contribution in [0.15, 0.2) is 28.9 Å². The van der Waals surface area contributed by atoms with Gasteiger partial charge in [0.2, 0.25) is 0 Å². The highest BCUT2D eigenvalue weighted by Crippen LogP contribution is 2.15. The van der Waals surface area contributed by atoms with Gasteiger partial charge in [-0.05, 0) is 48.2 Å². The molecule has 15 heavy (non-hydrogen) atoms. The van der Waals surface area contributed by atoms with Crippen LogP contribution in [0.2, 0.25) is 0 Å². The van der Waals surface area contributed by atoms with E-state index in [9.17, 15) is 0 Å². The summed E-state index contributed by atoms with van der Waals surface area (Å²) < 4.78 is 0.910. The Kier molecular flexibility index (Phi) is 4.45. The quantitative estimate of drug-likeness (QED) is 0.765. The van der Waals surface area contributed by atoms with Crippen molar-refractivity contribution >= 4 is 32.8 Å². The van der Waals surface area contributed by atoms with Crippen molar-refractivity contribution in [1.29, 1.82) is 0 Å². The second-order valence-electron chi connectivity index (χ2n) is 2.93. The molecule has 0 amide bonds. The molecule has 0 saturated heterocycles. The number of nitrogen functional groups attached to an aromatic ring is 1. The highest BCUT2D eigenvalue weighted by atomic mass is 79.9. The summed E-state index contributed by atoms with van der Waals surface area (Å²) in [5.41, 5.74) is 7.18. The van der Waals surface area contributed by atoms with E-state index in [1.807, 2.05) is 26.2 Å². The van der Waals surface area contributed by atoms with Gasteiger partial charge in [-0.2, -0.15) is 0 Å². The molecule has 0 unspecified atom stereocenters. The van der Waals surface area contributed by atoms with Gasteiger partial charge >= 0.3 is 0 Å². The van der Waals surface area contributed by atoms with Crippen LogP contribution in [0, 0.1) is 0 Å². The van der Waals surface area contributed by atoms with Crippen molar-refractivity contribution in [2.45, 2.75) is 0 Å². The zero-order valence-corrected chi connectivity index (χ0v) is 10.2. The van der Waals surface area contributed by atoms with Crippen LogP contribution in [0.25, 0.3) is 11.0 Å². The van der Waals surface area contributed by atoms with Gasteiger partial charge in [0.15, 0.2) is 0 Å². The van der Waals surface area contributed by atoms with E-state index in [-0.39, 0.29) is 0 Å². The number of anilines is 1. The molecule has 0 saturated carbocycles. The average molecular weight is 269 g/mol. The molecule has 0 bridgehead atoms. The first kappa shape index (κ1) is 11.9. The van der Waals surface area contributed by atoms with E-state index < -0.39 is 0 Å². The van der Waals surface area contributed by atoms with Crippen molar-refractivity contribution in [1.82, 2.24) is 15.3 Å². The van der Waals surface area contributed by atoms with Gasteiger partial charge in [0.05, 0.1) is 11.0 Å². The Balaban J connectivity index is 0.000000337. The van der Waals surface area contributed by atoms with Crippen LogP contribution in [-0.4, -0.2) is 24.1 Å². The third-order valence-electron chi connectivity index (χ3n) is 1.53. The van der Waals surface area contributed by atoms with Crippen LogP contribution in [0.3, 0.4) is 0 Å². The zero-order chi connectivity index (χ0) is 11.3. The molecule has 0 spiro atoms. The van der Waals surface area contributed by atoms with Gasteiger partial charge in [-0.25, -0.2) is 4.98 Å². The van der Waals surface area contributed by atoms with Crippen molar-refractivity contribution in [3.05, 3.63) is 28.9 Å². The summed E-state index contributed by atoms with van der Waals surface area (Å²) in [4.78, 5) is 8.28. The Hall–Kier alpha value is -1.20. The molecule has 2 aromatic heterocycles. The normalized spacial score (nSPS) is 9.53. The Morgan fingerprint density at radius 2 is 1.93 bits per heavy atom. The number of pyridine rings is 2. The van der Waals surface area contributed by atoms with E-state index in [0.29, 0.717) is 5.82 Å². The summed E-state index contributed by atoms with van der Waals surface area (Å²) in [6.07, 6.45) is 1.74. The molecule has 5 heteroatoms. The number of halogens is 1. The Morgan fingerprint density at radius 3 is 2.60 bits per heavy atom. The number of fused-ring (bicyclic) bond motifs is 1. The predicted molar refractivity (Wildman–Crippen MR) is 66.6 cm³/mol. The van der Waals surface area contributed by atoms with Crippen molar-refractivity contribution in [2.75, 3.05) is 19.8 Å². The standard InChI is InChI=1S/C8H6BrN3.C2H7N/c9-5-3-7-6(11-4-5)1-2-8(10)12-7;1-3-2/h1-4H,(H2,10,12);3H,1-2H3. The number of nitrogens with one attached hydrogen (secondary N) is 1. The zero-order valence-electron chi connectivity index (χ0n) is 8.66. The minimum absolute atomic E-state index is 0.516. The fourth-order valence-corrected chi connectivity index (χ4v) is 1.32. The molecule has 0 atom stereocenters. The van der Waals surface area contributed by atoms with Crippen LogP contribution in [0.4, 0.5) is 5.82 Å². The fourth-order valence-electron chi connectivity index (χ4n) is 0.998. The highest BCUT2D eigenvalue weighted by Gasteiger charge is 1.96. The van der Waals surface area contributed by atoms with Gasteiger partial charge in [-0.3, -0.25) is 4.98 Å². The second kappa shape index (κ2) is 5.63. The second-order valence-corrected chi connectivity index (χ2v) is 3.84. The first-order valence-electron chi connectivity index (χ1n) is 4.43. The van der Waals surface area contributed by atoms with Gasteiger partial charge < -0.3 is 11.1 Å². The lowest BCUT2D eigenvalue weighted by Gasteiger charge is -1.97. The first-order valence-corrected chi connectivity index (χ1v) is 5.23. The fraction of sp³-hybridized carbons (Fsp3) is 0.200. The van der Waals surface area contributed by atoms with Crippen molar-refractivity contribution in [3.63, 3.8) is 0 Å². The molecule has 0 radical (unpaired) electrons. The Morgan fingerprint density at radius 1 is 1.27 bits per heavy atom. The van der Waals surface area contributed by atoms with Crippen LogP contribution in [-0.2, 0) is 0 Å². The van der Waals surface area contributed by atoms with Crippen LogP contribution < -0.4 is 11.1 Å². The maximum atomic E-state index is 5.52. The van der Waals surface area contributed by atoms with Gasteiger partial charge in [-0.15, -0.1) is 0 Å². The lowest BCUT2D eigenvalue weighted by atomic mass is 10.3. The number of aromatic nitrogens is 2. The summed E-state index contributed by atoms with van der Waals surface area (Å²) in [5.74, 6) is 0.516. The van der Waals surface area contributed by atoms with Gasteiger partial charge in [0, 0.05) is 10.7 Å². The number of hydrogen-bond donors (Lipinski definition) is 2. The Labute approximate surface area is 97.0 Å². The summed E-state index contributed by atoms with van der Waals surface area (Å²) in [6.45, 7) is 0. The number of rotatable bonds is 0. The molecule has 2 aromatic rings. The summed E-state index contributed by atoms with van der Waals surface area (Å²) in [7, 11) is 3.75. The average Bonchev–Trinajstić information content (AvgIpc) is 2.18. The lowest BCUT2D eigenvalue weighted by molar-refractivity contribution is 1.02. The summed E-state index contributed by atoms with van der Waals surface area (Å²) in [5, 5.41) is 2.75. The van der Waals surface area contributed by atoms with E-state index in [0.717, 1.165) is 15.5 Å². The summed E-state index contributed by atoms with van der Waals surface area (Å²) in [6, 6.07) is 5.48. The van der Waals surface area contributed by atoms with Gasteiger partial charge in [0.1, 0.15) is 5.82 Å². The van der Waals surface area contributed by atoms with Crippen molar-refractivity contribution < 1.29 is 0 Å². The number of nitrogens with two attached hydrogens (primary N) is 1. The van der Waals surface area contributed by atoms with Crippen LogP contribution in [0.1, 0.15) is 0 Å². The molecule has 0 aliphatic rings. The molecule has 80 valence electrons. The molecule has 3 N–H and O–H groups in total. The van der Waals surface area contributed by atoms with Crippen LogP contribution in [0.5, 0.6) is 0 Å². The minimum Gasteiger partial charge on any atom is -0.384 e. The van der Waals surface area contributed by atoms with Gasteiger partial charge in [-0.1, -0.05) is 0 Å². The van der Waals surface area contributed by atoms with E-state index in [2.05, 4.69) is 31.2 Å². The number of hydrogen-bond acceptors (Lipinski definition) is 4. The molecule has 0 aliphatic heterocycles. The predicted octanol–water partition coefficient (Wildman–Crippen LogP) is 1.81. The van der Waals surface area contributed by atoms with E-state index in [1.54, 1.807) is 12.3 Å². The molecule has 0 aliphatic carbocycles. The van der Waals surface area contributed by atoms with Crippen molar-refractivity contribution in [3.8, 4) is 0 Å². The topological polar surface area (TPSA) is 63.8 Å². The van der Waals surface area contributed by atoms with E-state index >= 15 is 0 Å². The molecule has 2 heterocycles. The Bertz CT molecular complexity index is 408. The van der Waals surface area contributed by atoms with Crippen LogP contribution >= 0.6 is 15.9 Å². The molecule has 4 nitrogen and oxygen atoms in total. The summed E-state index contributed by atoms with van der Waals surface area (Å²) >= 11 is 3.31. The van der Waals surface area contributed by atoms with E-state index in [4.69, 9.17) is 5.73 Å². The molecule has 2 rings (SSSR count). The maximum Gasteiger partial charge on any atom is 0.124 e. The SMILES string of the molecule is CNC.Nc1ccc2ncc(Br)cc2n1. The molecular formula is C10H13BrN4. The molecule has 0 aromatic carbocycles. The van der Waals surface area contributed by atoms with Crippen molar-refractivity contribution in [2.24, 2.45) is 0 Å². The first-order chi connectivity index (χ1) is 7.17. The molecule has 0 fully saturated rings. The largest absolute Gasteiger partial charge is 0.384 e. The van der Waals surface area contributed by atoms with Gasteiger partial charge in [0.25, 0.3) is 0 Å². The monoisotopic (exact) mass is 268 g/mol. The lowest BCUT2D eigenvalue weighted by Crippen LogP contribution is -1.90. The maximum absolute atomic E-state index is 5.52. The molecular weight excluding hydrogens is 256 g/mol. The minimum atomic E-state index is 0.516. The van der Waals surface area contributed by atoms with E-state index in [1.165, 1.54) is 0 Å². The third-order valence-corrected chi connectivity index (χ3v) is 1.96. The smallest absolute Gasteiger partial charge is 0.124 e. The highest BCUT2D eigenvalue weighted by molar-refractivity contribution is 9.10.